The van der Waals surface area contributed by atoms with E-state index in [-0.39, 0.29) is 24.0 Å². The molecule has 0 aromatic heterocycles. The molecule has 8 heteroatoms. The van der Waals surface area contributed by atoms with Gasteiger partial charge in [-0.2, -0.15) is 0 Å². The molecule has 1 aliphatic heterocycles. The summed E-state index contributed by atoms with van der Waals surface area (Å²) >= 11 is 1.45. The Morgan fingerprint density at radius 2 is 1.79 bits per heavy atom. The highest BCUT2D eigenvalue weighted by atomic mass is 32.2. The van der Waals surface area contributed by atoms with Gasteiger partial charge in [0.1, 0.15) is 12.4 Å². The summed E-state index contributed by atoms with van der Waals surface area (Å²) in [6, 6.07) is 12.6. The lowest BCUT2D eigenvalue weighted by atomic mass is 10.0. The molecule has 6 nitrogen and oxygen atoms in total. The maximum absolute atomic E-state index is 13.2. The molecule has 0 saturated carbocycles. The summed E-state index contributed by atoms with van der Waals surface area (Å²) in [6.45, 7) is 5.97. The minimum absolute atomic E-state index is 0.0908. The fraction of sp³-hybridized carbons (Fsp3) is 0.480. The number of carbonyl (C=O) groups is 1. The highest BCUT2D eigenvalue weighted by Crippen LogP contribution is 2.27. The molecule has 3 rings (SSSR count). The zero-order chi connectivity index (χ0) is 23.8. The Morgan fingerprint density at radius 1 is 1.09 bits per heavy atom. The lowest BCUT2D eigenvalue weighted by Gasteiger charge is -2.22. The number of hydrogen-bond acceptors (Lipinski definition) is 5. The highest BCUT2D eigenvalue weighted by Gasteiger charge is 2.23. The molecule has 1 fully saturated rings. The third kappa shape index (κ3) is 6.74. The average Bonchev–Trinajstić information content (AvgIpc) is 3.11. The number of nitrogens with one attached hydrogen (secondary N) is 1. The number of amides is 1. The monoisotopic (exact) mass is 490 g/mol. The van der Waals surface area contributed by atoms with Crippen LogP contribution < -0.4 is 9.46 Å². The fourth-order valence-corrected chi connectivity index (χ4v) is 5.58. The fourth-order valence-electron chi connectivity index (χ4n) is 3.97. The molecule has 0 bridgehead atoms. The Balaban J connectivity index is 1.69. The van der Waals surface area contributed by atoms with Crippen LogP contribution in [0.15, 0.2) is 52.3 Å². The quantitative estimate of drug-likeness (QED) is 0.399. The van der Waals surface area contributed by atoms with Gasteiger partial charge in [-0.3, -0.25) is 4.79 Å². The summed E-state index contributed by atoms with van der Waals surface area (Å²) in [5.41, 5.74) is 1.54. The van der Waals surface area contributed by atoms with Gasteiger partial charge in [-0.25, -0.2) is 13.1 Å². The smallest absolute Gasteiger partial charge is 0.255 e. The molecule has 180 valence electrons. The van der Waals surface area contributed by atoms with Gasteiger partial charge in [0, 0.05) is 24.5 Å². The summed E-state index contributed by atoms with van der Waals surface area (Å²) in [6.07, 6.45) is 6.12. The molecule has 1 N–H and O–H groups in total. The van der Waals surface area contributed by atoms with Gasteiger partial charge in [0.2, 0.25) is 10.0 Å². The van der Waals surface area contributed by atoms with E-state index in [0.29, 0.717) is 11.5 Å². The number of para-hydroxylation sites is 1. The van der Waals surface area contributed by atoms with E-state index >= 15 is 0 Å². The van der Waals surface area contributed by atoms with Gasteiger partial charge in [-0.1, -0.05) is 44.9 Å². The summed E-state index contributed by atoms with van der Waals surface area (Å²) in [7, 11) is -3.77. The van der Waals surface area contributed by atoms with Gasteiger partial charge in [0.05, 0.1) is 10.5 Å². The number of nitrogens with zero attached hydrogens (tertiary/aromatic N) is 1. The third-order valence-corrected chi connectivity index (χ3v) is 8.05. The third-order valence-electron chi connectivity index (χ3n) is 5.80. The maximum Gasteiger partial charge on any atom is 0.255 e. The molecule has 0 spiro atoms. The van der Waals surface area contributed by atoms with Crippen LogP contribution in [0.3, 0.4) is 0 Å². The van der Waals surface area contributed by atoms with Crippen molar-refractivity contribution in [1.82, 2.24) is 9.62 Å². The number of hydrogen-bond donors (Lipinski definition) is 1. The molecule has 0 radical (unpaired) electrons. The zero-order valence-electron chi connectivity index (χ0n) is 19.7. The number of rotatable bonds is 9. The molecule has 0 aliphatic carbocycles. The number of likely N-dealkylation sites (tertiary alicyclic amines) is 1. The van der Waals surface area contributed by atoms with E-state index in [4.69, 9.17) is 4.74 Å². The van der Waals surface area contributed by atoms with Crippen LogP contribution in [-0.4, -0.2) is 51.7 Å². The molecular formula is C25H34N2O4S2. The maximum atomic E-state index is 13.2. The molecule has 33 heavy (non-hydrogen) atoms. The van der Waals surface area contributed by atoms with Crippen molar-refractivity contribution in [3.05, 3.63) is 53.6 Å². The minimum atomic E-state index is -3.77. The number of thioether (sulfide) groups is 1. The van der Waals surface area contributed by atoms with E-state index in [1.807, 2.05) is 35.4 Å². The molecule has 2 aromatic carbocycles. The summed E-state index contributed by atoms with van der Waals surface area (Å²) < 4.78 is 34.3. The number of carbonyl (C=O) groups excluding carboxylic acids is 1. The zero-order valence-corrected chi connectivity index (χ0v) is 21.3. The van der Waals surface area contributed by atoms with Crippen LogP contribution in [0.5, 0.6) is 5.75 Å². The molecular weight excluding hydrogens is 456 g/mol. The first-order valence-corrected chi connectivity index (χ1v) is 14.2. The predicted molar refractivity (Wildman–Crippen MR) is 134 cm³/mol. The van der Waals surface area contributed by atoms with Crippen molar-refractivity contribution in [3.8, 4) is 5.75 Å². The van der Waals surface area contributed by atoms with Crippen molar-refractivity contribution >= 4 is 27.7 Å². The van der Waals surface area contributed by atoms with Crippen molar-refractivity contribution in [2.24, 2.45) is 0 Å². The summed E-state index contributed by atoms with van der Waals surface area (Å²) in [5, 5.41) is 0. The van der Waals surface area contributed by atoms with Gasteiger partial charge in [0.25, 0.3) is 5.91 Å². The van der Waals surface area contributed by atoms with E-state index in [2.05, 4.69) is 18.6 Å². The van der Waals surface area contributed by atoms with Crippen LogP contribution in [0.4, 0.5) is 0 Å². The van der Waals surface area contributed by atoms with E-state index in [1.54, 1.807) is 12.1 Å². The highest BCUT2D eigenvalue weighted by molar-refractivity contribution is 7.98. The van der Waals surface area contributed by atoms with Gasteiger partial charge in [-0.15, -0.1) is 11.8 Å². The Morgan fingerprint density at radius 3 is 2.45 bits per heavy atom. The molecule has 1 heterocycles. The molecule has 1 saturated heterocycles. The van der Waals surface area contributed by atoms with Crippen LogP contribution in [-0.2, 0) is 10.0 Å². The van der Waals surface area contributed by atoms with E-state index in [1.165, 1.54) is 17.8 Å². The topological polar surface area (TPSA) is 75.7 Å². The van der Waals surface area contributed by atoms with Crippen molar-refractivity contribution in [2.45, 2.75) is 55.2 Å². The molecule has 1 amide bonds. The van der Waals surface area contributed by atoms with Crippen LogP contribution >= 0.6 is 11.8 Å². The van der Waals surface area contributed by atoms with Crippen molar-refractivity contribution in [3.63, 3.8) is 0 Å². The predicted octanol–water partition coefficient (Wildman–Crippen LogP) is 4.91. The Kier molecular flexibility index (Phi) is 9.23. The summed E-state index contributed by atoms with van der Waals surface area (Å²) in [4.78, 5) is 15.9. The first-order valence-electron chi connectivity index (χ1n) is 11.5. The Bertz CT molecular complexity index is 1050. The SMILES string of the molecule is CSc1ccc(S(=O)(=O)NCCOc2ccccc2C(C)C)cc1C(=O)N1CCCCCC1. The lowest BCUT2D eigenvalue weighted by Crippen LogP contribution is -2.33. The van der Waals surface area contributed by atoms with Crippen LogP contribution in [0.1, 0.15) is 61.4 Å². The van der Waals surface area contributed by atoms with Crippen molar-refractivity contribution in [2.75, 3.05) is 32.5 Å². The Labute approximate surface area is 202 Å². The van der Waals surface area contributed by atoms with Gasteiger partial charge >= 0.3 is 0 Å². The standard InChI is InChI=1S/C25H34N2O4S2/c1-19(2)21-10-6-7-11-23(21)31-17-14-26-33(29,30)20-12-13-24(32-3)22(18-20)25(28)27-15-8-4-5-9-16-27/h6-7,10-13,18-19,26H,4-5,8-9,14-17H2,1-3H3. The van der Waals surface area contributed by atoms with Crippen LogP contribution in [0.25, 0.3) is 0 Å². The number of ether oxygens (including phenoxy) is 1. The number of sulfonamides is 1. The first-order chi connectivity index (χ1) is 15.8. The van der Waals surface area contributed by atoms with Gasteiger partial charge in [-0.05, 0) is 54.8 Å². The van der Waals surface area contributed by atoms with E-state index in [9.17, 15) is 13.2 Å². The number of benzene rings is 2. The molecule has 0 unspecified atom stereocenters. The summed E-state index contributed by atoms with van der Waals surface area (Å²) in [5.74, 6) is 0.987. The van der Waals surface area contributed by atoms with Crippen molar-refractivity contribution < 1.29 is 17.9 Å². The molecule has 1 aliphatic rings. The van der Waals surface area contributed by atoms with Crippen molar-refractivity contribution in [1.29, 1.82) is 0 Å². The second kappa shape index (κ2) is 11.9. The minimum Gasteiger partial charge on any atom is -0.492 e. The van der Waals surface area contributed by atoms with E-state index < -0.39 is 10.0 Å². The van der Waals surface area contributed by atoms with Crippen LogP contribution in [0, 0.1) is 0 Å². The average molecular weight is 491 g/mol. The molecule has 0 atom stereocenters. The van der Waals surface area contributed by atoms with Gasteiger partial charge in [0.15, 0.2) is 0 Å². The van der Waals surface area contributed by atoms with Crippen LogP contribution in [0.2, 0.25) is 0 Å². The molecule has 2 aromatic rings. The second-order valence-electron chi connectivity index (χ2n) is 8.51. The largest absolute Gasteiger partial charge is 0.492 e. The Hall–Kier alpha value is -2.03. The lowest BCUT2D eigenvalue weighted by molar-refractivity contribution is 0.0758. The normalized spacial score (nSPS) is 14.8. The van der Waals surface area contributed by atoms with Gasteiger partial charge < -0.3 is 9.64 Å². The second-order valence-corrected chi connectivity index (χ2v) is 11.1. The first kappa shape index (κ1) is 25.6. The van der Waals surface area contributed by atoms with E-state index in [0.717, 1.165) is 55.0 Å².